The number of amides is 1. The minimum absolute atomic E-state index is 0.285. The predicted octanol–water partition coefficient (Wildman–Crippen LogP) is 2.27. The number of nitrogens with one attached hydrogen (secondary N) is 1. The van der Waals surface area contributed by atoms with Gasteiger partial charge in [-0.05, 0) is 12.3 Å². The van der Waals surface area contributed by atoms with Crippen molar-refractivity contribution in [2.75, 3.05) is 0 Å². The summed E-state index contributed by atoms with van der Waals surface area (Å²) in [5.74, 6) is -1.73. The van der Waals surface area contributed by atoms with Crippen molar-refractivity contribution in [1.29, 1.82) is 0 Å². The lowest BCUT2D eigenvalue weighted by Crippen LogP contribution is -2.30. The lowest BCUT2D eigenvalue weighted by Gasteiger charge is -2.10. The predicted molar refractivity (Wildman–Crippen MR) is 84.7 cm³/mol. The monoisotopic (exact) mass is 329 g/mol. The summed E-state index contributed by atoms with van der Waals surface area (Å²) in [5, 5.41) is 15.8. The molecule has 3 rings (SSSR count). The van der Waals surface area contributed by atoms with Crippen LogP contribution in [0.2, 0.25) is 0 Å². The van der Waals surface area contributed by atoms with E-state index in [2.05, 4.69) is 15.5 Å². The normalized spacial score (nSPS) is 22.6. The van der Waals surface area contributed by atoms with E-state index < -0.39 is 29.3 Å². The Morgan fingerprint density at radius 3 is 2.50 bits per heavy atom. The van der Waals surface area contributed by atoms with Crippen LogP contribution in [0.5, 0.6) is 0 Å². The Morgan fingerprint density at radius 1 is 1.25 bits per heavy atom. The van der Waals surface area contributed by atoms with Crippen LogP contribution in [0, 0.1) is 17.3 Å². The van der Waals surface area contributed by atoms with E-state index in [0.717, 1.165) is 5.56 Å². The van der Waals surface area contributed by atoms with Crippen molar-refractivity contribution in [3.05, 3.63) is 36.2 Å². The molecule has 1 saturated carbocycles. The summed E-state index contributed by atoms with van der Waals surface area (Å²) in [6.07, 6.45) is 0. The van der Waals surface area contributed by atoms with Crippen LogP contribution >= 0.6 is 0 Å². The van der Waals surface area contributed by atoms with Gasteiger partial charge < -0.3 is 14.9 Å². The highest BCUT2D eigenvalue weighted by atomic mass is 16.5. The molecule has 0 radical (unpaired) electrons. The van der Waals surface area contributed by atoms with E-state index in [-0.39, 0.29) is 11.8 Å². The maximum Gasteiger partial charge on any atom is 0.307 e. The Bertz CT molecular complexity index is 769. The van der Waals surface area contributed by atoms with Crippen LogP contribution in [0.15, 0.2) is 34.9 Å². The molecule has 3 atom stereocenters. The lowest BCUT2D eigenvalue weighted by atomic mass is 10.1. The van der Waals surface area contributed by atoms with Gasteiger partial charge in [0.2, 0.25) is 17.6 Å². The molecule has 1 aliphatic carbocycles. The van der Waals surface area contributed by atoms with Crippen LogP contribution in [0.4, 0.5) is 0 Å². The van der Waals surface area contributed by atoms with Crippen LogP contribution in [0.3, 0.4) is 0 Å². The van der Waals surface area contributed by atoms with Gasteiger partial charge in [-0.2, -0.15) is 4.98 Å². The van der Waals surface area contributed by atoms with Gasteiger partial charge in [0, 0.05) is 5.56 Å². The molecule has 0 bridgehead atoms. The molecule has 126 valence electrons. The van der Waals surface area contributed by atoms with Crippen molar-refractivity contribution in [2.45, 2.75) is 26.8 Å². The zero-order chi connectivity index (χ0) is 17.5. The Labute approximate surface area is 139 Å². The van der Waals surface area contributed by atoms with Crippen molar-refractivity contribution in [3.63, 3.8) is 0 Å². The number of carbonyl (C=O) groups is 2. The molecule has 1 amide bonds. The lowest BCUT2D eigenvalue weighted by molar-refractivity contribution is -0.140. The minimum atomic E-state index is -0.947. The van der Waals surface area contributed by atoms with Gasteiger partial charge in [0.15, 0.2) is 0 Å². The molecule has 1 aromatic carbocycles. The quantitative estimate of drug-likeness (QED) is 0.872. The number of carboxylic acid groups (broad SMARTS) is 1. The van der Waals surface area contributed by atoms with E-state index in [9.17, 15) is 9.59 Å². The molecule has 1 aromatic heterocycles. The van der Waals surface area contributed by atoms with E-state index in [4.69, 9.17) is 9.63 Å². The van der Waals surface area contributed by atoms with Crippen LogP contribution in [-0.2, 0) is 9.59 Å². The number of aromatic nitrogens is 2. The molecule has 1 heterocycles. The van der Waals surface area contributed by atoms with E-state index in [1.54, 1.807) is 20.8 Å². The van der Waals surface area contributed by atoms with Crippen LogP contribution < -0.4 is 5.32 Å². The van der Waals surface area contributed by atoms with Crippen molar-refractivity contribution in [1.82, 2.24) is 15.5 Å². The van der Waals surface area contributed by atoms with E-state index in [1.165, 1.54) is 0 Å². The zero-order valence-corrected chi connectivity index (χ0v) is 13.7. The average Bonchev–Trinajstić information content (AvgIpc) is 2.90. The third kappa shape index (κ3) is 2.77. The van der Waals surface area contributed by atoms with Gasteiger partial charge in [-0.25, -0.2) is 0 Å². The largest absolute Gasteiger partial charge is 0.481 e. The van der Waals surface area contributed by atoms with Crippen molar-refractivity contribution in [3.8, 4) is 11.4 Å². The summed E-state index contributed by atoms with van der Waals surface area (Å²) in [4.78, 5) is 27.8. The number of aliphatic carboxylic acids is 1. The number of hydrogen-bond donors (Lipinski definition) is 2. The molecule has 0 aliphatic heterocycles. The van der Waals surface area contributed by atoms with Crippen LogP contribution in [0.1, 0.15) is 32.7 Å². The average molecular weight is 329 g/mol. The Kier molecular flexibility index (Phi) is 3.87. The summed E-state index contributed by atoms with van der Waals surface area (Å²) >= 11 is 0. The maximum absolute atomic E-state index is 12.3. The standard InChI is InChI=1S/C17H19N3O4/c1-9(18-14(21)11-12(16(22)23)17(11,2)3)15-19-13(20-24-15)10-7-5-4-6-8-10/h4-9,11-12H,1-3H3,(H,18,21)(H,22,23). The number of carbonyl (C=O) groups excluding carboxylic acids is 1. The van der Waals surface area contributed by atoms with E-state index in [0.29, 0.717) is 5.82 Å². The first-order valence-electron chi connectivity index (χ1n) is 7.74. The molecule has 2 aromatic rings. The molecule has 1 aliphatic rings. The fourth-order valence-electron chi connectivity index (χ4n) is 3.07. The highest BCUT2D eigenvalue weighted by Crippen LogP contribution is 2.58. The van der Waals surface area contributed by atoms with Gasteiger partial charge in [-0.15, -0.1) is 0 Å². The molecule has 7 nitrogen and oxygen atoms in total. The van der Waals surface area contributed by atoms with Gasteiger partial charge in [0.05, 0.1) is 11.8 Å². The first-order valence-corrected chi connectivity index (χ1v) is 7.74. The second-order valence-electron chi connectivity index (χ2n) is 6.67. The molecule has 3 unspecified atom stereocenters. The van der Waals surface area contributed by atoms with Crippen molar-refractivity contribution in [2.24, 2.45) is 17.3 Å². The molecule has 24 heavy (non-hydrogen) atoms. The van der Waals surface area contributed by atoms with Crippen LogP contribution in [-0.4, -0.2) is 27.1 Å². The third-order valence-corrected chi connectivity index (χ3v) is 4.58. The topological polar surface area (TPSA) is 105 Å². The molecular weight excluding hydrogens is 310 g/mol. The van der Waals surface area contributed by atoms with E-state index in [1.807, 2.05) is 30.3 Å². The fourth-order valence-corrected chi connectivity index (χ4v) is 3.07. The summed E-state index contributed by atoms with van der Waals surface area (Å²) in [6, 6.07) is 8.87. The molecule has 0 spiro atoms. The molecule has 2 N–H and O–H groups in total. The molecule has 1 fully saturated rings. The number of carboxylic acids is 1. The van der Waals surface area contributed by atoms with Gasteiger partial charge in [0.25, 0.3) is 0 Å². The first kappa shape index (κ1) is 16.2. The minimum Gasteiger partial charge on any atom is -0.481 e. The fraction of sp³-hybridized carbons (Fsp3) is 0.412. The SMILES string of the molecule is CC(NC(=O)C1C(C(=O)O)C1(C)C)c1nc(-c2ccccc2)no1. The van der Waals surface area contributed by atoms with Gasteiger partial charge in [-0.3, -0.25) is 9.59 Å². The maximum atomic E-state index is 12.3. The number of benzene rings is 1. The number of rotatable bonds is 5. The van der Waals surface area contributed by atoms with Gasteiger partial charge in [0.1, 0.15) is 6.04 Å². The Balaban J connectivity index is 1.68. The van der Waals surface area contributed by atoms with Gasteiger partial charge >= 0.3 is 5.97 Å². The second-order valence-corrected chi connectivity index (χ2v) is 6.67. The second kappa shape index (κ2) is 5.74. The highest BCUT2D eigenvalue weighted by molar-refractivity contribution is 5.91. The number of hydrogen-bond acceptors (Lipinski definition) is 5. The smallest absolute Gasteiger partial charge is 0.307 e. The Hall–Kier alpha value is -2.70. The summed E-state index contributed by atoms with van der Waals surface area (Å²) < 4.78 is 5.22. The number of nitrogens with zero attached hydrogens (tertiary/aromatic N) is 2. The summed E-state index contributed by atoms with van der Waals surface area (Å²) in [6.45, 7) is 5.28. The highest BCUT2D eigenvalue weighted by Gasteiger charge is 2.66. The van der Waals surface area contributed by atoms with Crippen molar-refractivity contribution >= 4 is 11.9 Å². The zero-order valence-electron chi connectivity index (χ0n) is 13.7. The molecule has 0 saturated heterocycles. The molecular formula is C17H19N3O4. The van der Waals surface area contributed by atoms with Crippen molar-refractivity contribution < 1.29 is 19.2 Å². The Morgan fingerprint density at radius 2 is 1.92 bits per heavy atom. The summed E-state index contributed by atoms with van der Waals surface area (Å²) in [7, 11) is 0. The van der Waals surface area contributed by atoms with Crippen LogP contribution in [0.25, 0.3) is 11.4 Å². The summed E-state index contributed by atoms with van der Waals surface area (Å²) in [5.41, 5.74) is 0.278. The molecule has 7 heteroatoms. The van der Waals surface area contributed by atoms with Gasteiger partial charge in [-0.1, -0.05) is 49.3 Å². The first-order chi connectivity index (χ1) is 11.3. The third-order valence-electron chi connectivity index (χ3n) is 4.58. The van der Waals surface area contributed by atoms with E-state index >= 15 is 0 Å².